The van der Waals surface area contributed by atoms with Gasteiger partial charge in [-0.3, -0.25) is 4.98 Å². The quantitative estimate of drug-likeness (QED) is 0.442. The number of methoxy groups -OCH3 is 2. The first-order chi connectivity index (χ1) is 15.0. The molecule has 0 aliphatic heterocycles. The van der Waals surface area contributed by atoms with E-state index in [2.05, 4.69) is 26.9 Å². The Balaban J connectivity index is 2.01. The highest BCUT2D eigenvalue weighted by Gasteiger charge is 2.22. The van der Waals surface area contributed by atoms with Crippen molar-refractivity contribution in [2.24, 2.45) is 5.73 Å². The van der Waals surface area contributed by atoms with Gasteiger partial charge in [-0.15, -0.1) is 0 Å². The number of rotatable bonds is 8. The minimum absolute atomic E-state index is 0.0501. The van der Waals surface area contributed by atoms with E-state index in [-0.39, 0.29) is 6.04 Å². The summed E-state index contributed by atoms with van der Waals surface area (Å²) < 4.78 is 18.7. The first-order valence-corrected chi connectivity index (χ1v) is 10.2. The van der Waals surface area contributed by atoms with E-state index < -0.39 is 0 Å². The number of hydrogen-bond donors (Lipinski definition) is 2. The molecule has 3 N–H and O–H groups in total. The molecule has 0 bridgehead atoms. The lowest BCUT2D eigenvalue weighted by Crippen LogP contribution is -2.19. The number of fused-ring (bicyclic) bond motifs is 3. The van der Waals surface area contributed by atoms with Crippen LogP contribution in [0.2, 0.25) is 0 Å². The fourth-order valence-corrected chi connectivity index (χ4v) is 4.09. The molecule has 164 valence electrons. The molecular formula is C22H28N6O3. The largest absolute Gasteiger partial charge is 0.496 e. The molecule has 0 fully saturated rings. The van der Waals surface area contributed by atoms with Crippen molar-refractivity contribution in [3.05, 3.63) is 29.8 Å². The predicted molar refractivity (Wildman–Crippen MR) is 121 cm³/mol. The van der Waals surface area contributed by atoms with Crippen molar-refractivity contribution < 1.29 is 14.0 Å². The third-order valence-corrected chi connectivity index (χ3v) is 5.42. The van der Waals surface area contributed by atoms with E-state index in [1.54, 1.807) is 20.4 Å². The Bertz CT molecular complexity index is 1210. The summed E-state index contributed by atoms with van der Waals surface area (Å²) in [6.07, 6.45) is 1.80. The lowest BCUT2D eigenvalue weighted by Gasteiger charge is -2.18. The van der Waals surface area contributed by atoms with E-state index in [0.29, 0.717) is 19.7 Å². The molecule has 0 saturated heterocycles. The third kappa shape index (κ3) is 3.60. The van der Waals surface area contributed by atoms with Gasteiger partial charge in [-0.2, -0.15) is 0 Å². The van der Waals surface area contributed by atoms with Crippen LogP contribution in [0.15, 0.2) is 22.9 Å². The van der Waals surface area contributed by atoms with Crippen LogP contribution in [0.4, 0.5) is 5.95 Å². The van der Waals surface area contributed by atoms with Crippen molar-refractivity contribution in [1.82, 2.24) is 19.7 Å². The first kappa shape index (κ1) is 21.1. The summed E-state index contributed by atoms with van der Waals surface area (Å²) >= 11 is 0. The highest BCUT2D eigenvalue weighted by molar-refractivity contribution is 6.05. The Kier molecular flexibility index (Phi) is 5.79. The predicted octanol–water partition coefficient (Wildman–Crippen LogP) is 3.44. The Labute approximate surface area is 180 Å². The van der Waals surface area contributed by atoms with Crippen molar-refractivity contribution in [1.29, 1.82) is 0 Å². The van der Waals surface area contributed by atoms with Crippen molar-refractivity contribution in [3.63, 3.8) is 0 Å². The number of aromatic nitrogens is 4. The molecular weight excluding hydrogens is 396 g/mol. The van der Waals surface area contributed by atoms with E-state index in [4.69, 9.17) is 24.7 Å². The number of nitrogens with two attached hydrogens (primary N) is 1. The maximum absolute atomic E-state index is 5.77. The van der Waals surface area contributed by atoms with E-state index in [1.807, 2.05) is 26.0 Å². The summed E-state index contributed by atoms with van der Waals surface area (Å²) in [5, 5.41) is 8.36. The standard InChI is InChI=1S/C22H28N6O3/c1-12(11-29-4)28-21-15-9-19(30-5)16(20-13(2)27-31-14(20)3)8-17(15)25-10-18(21)26-22(28)24-7-6-23/h8-10,12H,6-7,11,23H2,1-5H3,(H,24,26). The highest BCUT2D eigenvalue weighted by atomic mass is 16.5. The molecule has 0 saturated carbocycles. The molecule has 3 aromatic heterocycles. The Morgan fingerprint density at radius 2 is 2.03 bits per heavy atom. The van der Waals surface area contributed by atoms with Crippen molar-refractivity contribution >= 4 is 27.9 Å². The summed E-state index contributed by atoms with van der Waals surface area (Å²) in [4.78, 5) is 9.46. The molecule has 4 aromatic rings. The van der Waals surface area contributed by atoms with Crippen molar-refractivity contribution in [2.45, 2.75) is 26.8 Å². The Morgan fingerprint density at radius 3 is 2.68 bits per heavy atom. The molecule has 1 unspecified atom stereocenters. The van der Waals surface area contributed by atoms with Crippen LogP contribution < -0.4 is 15.8 Å². The Hall–Kier alpha value is -3.17. The van der Waals surface area contributed by atoms with E-state index in [1.165, 1.54) is 0 Å². The number of nitrogens with one attached hydrogen (secondary N) is 1. The van der Waals surface area contributed by atoms with Gasteiger partial charge in [0, 0.05) is 31.1 Å². The molecule has 0 aliphatic carbocycles. The lowest BCUT2D eigenvalue weighted by molar-refractivity contribution is 0.164. The summed E-state index contributed by atoms with van der Waals surface area (Å²) in [5.41, 5.74) is 10.9. The molecule has 0 amide bonds. The van der Waals surface area contributed by atoms with Gasteiger partial charge >= 0.3 is 0 Å². The zero-order valence-electron chi connectivity index (χ0n) is 18.5. The van der Waals surface area contributed by atoms with Crippen LogP contribution in [0.3, 0.4) is 0 Å². The molecule has 1 aromatic carbocycles. The molecule has 4 rings (SSSR count). The van der Waals surface area contributed by atoms with Crippen molar-refractivity contribution in [3.8, 4) is 16.9 Å². The van der Waals surface area contributed by atoms with E-state index in [9.17, 15) is 0 Å². The second kappa shape index (κ2) is 8.52. The number of pyridine rings is 1. The average Bonchev–Trinajstić information content (AvgIpc) is 3.30. The fraction of sp³-hybridized carbons (Fsp3) is 0.409. The molecule has 1 atom stereocenters. The summed E-state index contributed by atoms with van der Waals surface area (Å²) in [5.74, 6) is 2.20. The number of anilines is 1. The molecule has 0 aliphatic rings. The zero-order chi connectivity index (χ0) is 22.1. The van der Waals surface area contributed by atoms with Crippen LogP contribution in [0.25, 0.3) is 33.1 Å². The van der Waals surface area contributed by atoms with Crippen LogP contribution in [0, 0.1) is 13.8 Å². The molecule has 0 spiro atoms. The normalized spacial score (nSPS) is 12.6. The van der Waals surface area contributed by atoms with Crippen LogP contribution >= 0.6 is 0 Å². The average molecular weight is 425 g/mol. The van der Waals surface area contributed by atoms with Gasteiger partial charge < -0.3 is 29.6 Å². The lowest BCUT2D eigenvalue weighted by atomic mass is 10.0. The van der Waals surface area contributed by atoms with Crippen LogP contribution in [0.5, 0.6) is 5.75 Å². The number of aryl methyl sites for hydroxylation is 2. The monoisotopic (exact) mass is 424 g/mol. The van der Waals surface area contributed by atoms with Crippen LogP contribution in [-0.4, -0.2) is 53.6 Å². The molecule has 31 heavy (non-hydrogen) atoms. The van der Waals surface area contributed by atoms with Crippen LogP contribution in [0.1, 0.15) is 24.4 Å². The van der Waals surface area contributed by atoms with Gasteiger partial charge in [-0.05, 0) is 32.9 Å². The van der Waals surface area contributed by atoms with Gasteiger partial charge in [0.1, 0.15) is 17.0 Å². The number of ether oxygens (including phenoxy) is 2. The van der Waals surface area contributed by atoms with Gasteiger partial charge in [0.2, 0.25) is 5.95 Å². The van der Waals surface area contributed by atoms with E-state index >= 15 is 0 Å². The van der Waals surface area contributed by atoms with Gasteiger partial charge in [0.15, 0.2) is 0 Å². The zero-order valence-corrected chi connectivity index (χ0v) is 18.5. The van der Waals surface area contributed by atoms with Gasteiger partial charge in [0.05, 0.1) is 48.2 Å². The smallest absolute Gasteiger partial charge is 0.204 e. The summed E-state index contributed by atoms with van der Waals surface area (Å²) in [7, 11) is 3.36. The Morgan fingerprint density at radius 1 is 1.23 bits per heavy atom. The minimum Gasteiger partial charge on any atom is -0.496 e. The molecule has 3 heterocycles. The molecule has 0 radical (unpaired) electrons. The number of nitrogens with zero attached hydrogens (tertiary/aromatic N) is 4. The van der Waals surface area contributed by atoms with Gasteiger partial charge in [-0.25, -0.2) is 4.98 Å². The number of imidazole rings is 1. The van der Waals surface area contributed by atoms with Crippen LogP contribution in [-0.2, 0) is 4.74 Å². The van der Waals surface area contributed by atoms with E-state index in [0.717, 1.165) is 56.2 Å². The molecule has 9 nitrogen and oxygen atoms in total. The fourth-order valence-electron chi connectivity index (χ4n) is 4.09. The maximum Gasteiger partial charge on any atom is 0.204 e. The van der Waals surface area contributed by atoms with Gasteiger partial charge in [-0.1, -0.05) is 5.16 Å². The summed E-state index contributed by atoms with van der Waals surface area (Å²) in [6, 6.07) is 4.08. The first-order valence-electron chi connectivity index (χ1n) is 10.2. The van der Waals surface area contributed by atoms with Gasteiger partial charge in [0.25, 0.3) is 0 Å². The third-order valence-electron chi connectivity index (χ3n) is 5.42. The second-order valence-corrected chi connectivity index (χ2v) is 7.59. The number of benzene rings is 1. The maximum atomic E-state index is 5.77. The summed E-state index contributed by atoms with van der Waals surface area (Å²) in [6.45, 7) is 7.58. The minimum atomic E-state index is 0.0501. The molecule has 9 heteroatoms. The highest BCUT2D eigenvalue weighted by Crippen LogP contribution is 2.39. The topological polar surface area (TPSA) is 113 Å². The second-order valence-electron chi connectivity index (χ2n) is 7.59. The SMILES string of the molecule is COCC(C)n1c(NCCN)nc2cnc3cc(-c4c(C)noc4C)c(OC)cc3c21. The van der Waals surface area contributed by atoms with Crippen molar-refractivity contribution in [2.75, 3.05) is 39.2 Å². The number of hydrogen-bond acceptors (Lipinski definition) is 8.